The summed E-state index contributed by atoms with van der Waals surface area (Å²) < 4.78 is 0. The van der Waals surface area contributed by atoms with Gasteiger partial charge in [-0.2, -0.15) is 0 Å². The van der Waals surface area contributed by atoms with Gasteiger partial charge in [-0.3, -0.25) is 14.9 Å². The first kappa shape index (κ1) is 14.8. The third-order valence-corrected chi connectivity index (χ3v) is 3.08. The van der Waals surface area contributed by atoms with Crippen LogP contribution in [-0.2, 0) is 5.88 Å². The Kier molecular flexibility index (Phi) is 4.39. The molecule has 21 heavy (non-hydrogen) atoms. The number of amides is 1. The molecule has 0 saturated heterocycles. The van der Waals surface area contributed by atoms with Crippen molar-refractivity contribution >= 4 is 28.9 Å². The molecule has 0 aliphatic heterocycles. The standard InChI is InChI=1S/C14H11ClN2O4/c15-8-9-2-1-3-10(6-9)14(19)16-12-5-4-11(18)7-13(12)17(20)21/h1-7,18H,8H2,(H,16,19). The van der Waals surface area contributed by atoms with Crippen molar-refractivity contribution in [3.8, 4) is 5.75 Å². The number of nitro benzene ring substituents is 1. The van der Waals surface area contributed by atoms with Gasteiger partial charge in [0.15, 0.2) is 0 Å². The van der Waals surface area contributed by atoms with E-state index < -0.39 is 10.8 Å². The van der Waals surface area contributed by atoms with Gasteiger partial charge in [0.05, 0.1) is 11.0 Å². The monoisotopic (exact) mass is 306 g/mol. The molecule has 7 heteroatoms. The molecule has 6 nitrogen and oxygen atoms in total. The molecular formula is C14H11ClN2O4. The highest BCUT2D eigenvalue weighted by molar-refractivity contribution is 6.17. The van der Waals surface area contributed by atoms with Crippen LogP contribution >= 0.6 is 11.6 Å². The molecule has 0 unspecified atom stereocenters. The lowest BCUT2D eigenvalue weighted by atomic mass is 10.1. The van der Waals surface area contributed by atoms with Crippen LogP contribution in [0.25, 0.3) is 0 Å². The highest BCUT2D eigenvalue weighted by Gasteiger charge is 2.17. The number of rotatable bonds is 4. The molecule has 0 saturated carbocycles. The molecule has 0 aliphatic rings. The number of nitro groups is 1. The fourth-order valence-electron chi connectivity index (χ4n) is 1.77. The number of halogens is 1. The minimum Gasteiger partial charge on any atom is -0.508 e. The molecule has 0 bridgehead atoms. The van der Waals surface area contributed by atoms with E-state index in [0.717, 1.165) is 11.6 Å². The number of nitrogens with one attached hydrogen (secondary N) is 1. The Morgan fingerprint density at radius 2 is 2.05 bits per heavy atom. The molecule has 0 heterocycles. The van der Waals surface area contributed by atoms with Crippen LogP contribution in [0, 0.1) is 10.1 Å². The second-order valence-corrected chi connectivity index (χ2v) is 4.51. The molecule has 0 spiro atoms. The summed E-state index contributed by atoms with van der Waals surface area (Å²) in [7, 11) is 0. The van der Waals surface area contributed by atoms with Crippen molar-refractivity contribution in [2.75, 3.05) is 5.32 Å². The van der Waals surface area contributed by atoms with Gasteiger partial charge in [-0.25, -0.2) is 0 Å². The molecule has 0 aromatic heterocycles. The van der Waals surface area contributed by atoms with Crippen molar-refractivity contribution in [1.29, 1.82) is 0 Å². The zero-order valence-electron chi connectivity index (χ0n) is 10.7. The normalized spacial score (nSPS) is 10.1. The summed E-state index contributed by atoms with van der Waals surface area (Å²) in [5, 5.41) is 22.6. The Hall–Kier alpha value is -2.60. The first-order chi connectivity index (χ1) is 10.0. The summed E-state index contributed by atoms with van der Waals surface area (Å²) in [4.78, 5) is 22.3. The fourth-order valence-corrected chi connectivity index (χ4v) is 1.93. The van der Waals surface area contributed by atoms with E-state index in [1.54, 1.807) is 24.3 Å². The second-order valence-electron chi connectivity index (χ2n) is 4.25. The van der Waals surface area contributed by atoms with Gasteiger partial charge >= 0.3 is 0 Å². The van der Waals surface area contributed by atoms with E-state index >= 15 is 0 Å². The number of phenols is 1. The maximum Gasteiger partial charge on any atom is 0.296 e. The van der Waals surface area contributed by atoms with E-state index in [2.05, 4.69) is 5.32 Å². The van der Waals surface area contributed by atoms with Crippen molar-refractivity contribution in [2.24, 2.45) is 0 Å². The van der Waals surface area contributed by atoms with E-state index in [-0.39, 0.29) is 23.0 Å². The number of nitrogens with zero attached hydrogens (tertiary/aromatic N) is 1. The first-order valence-electron chi connectivity index (χ1n) is 5.95. The first-order valence-corrected chi connectivity index (χ1v) is 6.48. The lowest BCUT2D eigenvalue weighted by Gasteiger charge is -2.07. The van der Waals surface area contributed by atoms with Gasteiger partial charge < -0.3 is 10.4 Å². The number of carbonyl (C=O) groups is 1. The molecular weight excluding hydrogens is 296 g/mol. The van der Waals surface area contributed by atoms with E-state index in [1.165, 1.54) is 12.1 Å². The molecule has 0 fully saturated rings. The number of benzene rings is 2. The number of phenolic OH excluding ortho intramolecular Hbond substituents is 1. The summed E-state index contributed by atoms with van der Waals surface area (Å²) in [6.45, 7) is 0. The number of hydrogen-bond acceptors (Lipinski definition) is 4. The van der Waals surface area contributed by atoms with Crippen molar-refractivity contribution in [3.63, 3.8) is 0 Å². The molecule has 2 aromatic carbocycles. The van der Waals surface area contributed by atoms with Gasteiger partial charge in [0.25, 0.3) is 11.6 Å². The Balaban J connectivity index is 2.29. The largest absolute Gasteiger partial charge is 0.508 e. The van der Waals surface area contributed by atoms with Crippen molar-refractivity contribution < 1.29 is 14.8 Å². The zero-order chi connectivity index (χ0) is 15.4. The van der Waals surface area contributed by atoms with E-state index in [4.69, 9.17) is 11.6 Å². The third kappa shape index (κ3) is 3.49. The summed E-state index contributed by atoms with van der Waals surface area (Å²) in [6, 6.07) is 10.1. The average molecular weight is 307 g/mol. The van der Waals surface area contributed by atoms with Gasteiger partial charge in [-0.15, -0.1) is 11.6 Å². The Morgan fingerprint density at radius 3 is 2.71 bits per heavy atom. The fraction of sp³-hybridized carbons (Fsp3) is 0.0714. The maximum atomic E-state index is 12.1. The Morgan fingerprint density at radius 1 is 1.29 bits per heavy atom. The molecule has 0 radical (unpaired) electrons. The number of aromatic hydroxyl groups is 1. The summed E-state index contributed by atoms with van der Waals surface area (Å²) in [5.74, 6) is -0.472. The molecule has 0 aliphatic carbocycles. The number of carbonyl (C=O) groups excluding carboxylic acids is 1. The average Bonchev–Trinajstić information content (AvgIpc) is 2.48. The highest BCUT2D eigenvalue weighted by atomic mass is 35.5. The topological polar surface area (TPSA) is 92.5 Å². The molecule has 2 N–H and O–H groups in total. The Labute approximate surface area is 125 Å². The molecule has 2 rings (SSSR count). The Bertz CT molecular complexity index is 703. The predicted molar refractivity (Wildman–Crippen MR) is 78.7 cm³/mol. The van der Waals surface area contributed by atoms with Crippen molar-refractivity contribution in [3.05, 3.63) is 63.7 Å². The molecule has 108 valence electrons. The number of hydrogen-bond donors (Lipinski definition) is 2. The number of alkyl halides is 1. The van der Waals surface area contributed by atoms with Crippen LogP contribution in [0.1, 0.15) is 15.9 Å². The van der Waals surface area contributed by atoms with Crippen LogP contribution in [0.4, 0.5) is 11.4 Å². The van der Waals surface area contributed by atoms with Crippen molar-refractivity contribution in [1.82, 2.24) is 0 Å². The number of anilines is 1. The smallest absolute Gasteiger partial charge is 0.296 e. The summed E-state index contributed by atoms with van der Waals surface area (Å²) in [5.41, 5.74) is 0.746. The maximum absolute atomic E-state index is 12.1. The quantitative estimate of drug-likeness (QED) is 0.392. The van der Waals surface area contributed by atoms with Gasteiger partial charge in [0.1, 0.15) is 11.4 Å². The second kappa shape index (κ2) is 6.23. The van der Waals surface area contributed by atoms with Crippen LogP contribution < -0.4 is 5.32 Å². The van der Waals surface area contributed by atoms with Crippen LogP contribution in [0.3, 0.4) is 0 Å². The SMILES string of the molecule is O=C(Nc1ccc(O)cc1[N+](=O)[O-])c1cccc(CCl)c1. The van der Waals surface area contributed by atoms with Gasteiger partial charge in [0.2, 0.25) is 0 Å². The van der Waals surface area contributed by atoms with Gasteiger partial charge in [-0.05, 0) is 29.8 Å². The molecule has 2 aromatic rings. The van der Waals surface area contributed by atoms with Crippen LogP contribution in [0.5, 0.6) is 5.75 Å². The predicted octanol–water partition coefficient (Wildman–Crippen LogP) is 3.29. The minimum atomic E-state index is -0.676. The van der Waals surface area contributed by atoms with Crippen LogP contribution in [0.2, 0.25) is 0 Å². The molecule has 1 amide bonds. The lowest BCUT2D eigenvalue weighted by molar-refractivity contribution is -0.384. The molecule has 0 atom stereocenters. The van der Waals surface area contributed by atoms with E-state index in [1.807, 2.05) is 0 Å². The van der Waals surface area contributed by atoms with E-state index in [9.17, 15) is 20.0 Å². The summed E-state index contributed by atoms with van der Waals surface area (Å²) >= 11 is 5.70. The lowest BCUT2D eigenvalue weighted by Crippen LogP contribution is -2.13. The van der Waals surface area contributed by atoms with Gasteiger partial charge in [-0.1, -0.05) is 12.1 Å². The van der Waals surface area contributed by atoms with Crippen LogP contribution in [-0.4, -0.2) is 15.9 Å². The van der Waals surface area contributed by atoms with Crippen LogP contribution in [0.15, 0.2) is 42.5 Å². The summed E-state index contributed by atoms with van der Waals surface area (Å²) in [6.07, 6.45) is 0. The van der Waals surface area contributed by atoms with E-state index in [0.29, 0.717) is 5.56 Å². The van der Waals surface area contributed by atoms with Crippen molar-refractivity contribution in [2.45, 2.75) is 5.88 Å². The minimum absolute atomic E-state index is 0.0130. The highest BCUT2D eigenvalue weighted by Crippen LogP contribution is 2.28. The van der Waals surface area contributed by atoms with Gasteiger partial charge in [0, 0.05) is 11.4 Å². The zero-order valence-corrected chi connectivity index (χ0v) is 11.5. The third-order valence-electron chi connectivity index (χ3n) is 2.77.